The summed E-state index contributed by atoms with van der Waals surface area (Å²) in [6, 6.07) is 4.68. The van der Waals surface area contributed by atoms with E-state index in [2.05, 4.69) is 10.6 Å². The van der Waals surface area contributed by atoms with Crippen molar-refractivity contribution in [3.05, 3.63) is 63.5 Å². The van der Waals surface area contributed by atoms with E-state index in [1.54, 1.807) is 19.1 Å². The van der Waals surface area contributed by atoms with Gasteiger partial charge in [-0.25, -0.2) is 4.39 Å². The first-order valence-corrected chi connectivity index (χ1v) is 8.85. The molecule has 0 spiro atoms. The number of hydrogen-bond acceptors (Lipinski definition) is 4. The number of carbonyl (C=O) groups is 2. The second-order valence-corrected chi connectivity index (χ2v) is 6.57. The maximum Gasteiger partial charge on any atom is 0.255 e. The molecule has 3 rings (SSSR count). The van der Waals surface area contributed by atoms with Crippen LogP contribution in [0.2, 0.25) is 0 Å². The smallest absolute Gasteiger partial charge is 0.255 e. The highest BCUT2D eigenvalue weighted by Crippen LogP contribution is 2.35. The topological polar surface area (TPSA) is 87.7 Å². The molecule has 3 N–H and O–H groups in total. The molecule has 0 aliphatic carbocycles. The summed E-state index contributed by atoms with van der Waals surface area (Å²) in [5.41, 5.74) is 2.55. The van der Waals surface area contributed by atoms with Gasteiger partial charge >= 0.3 is 0 Å². The molecule has 0 saturated carbocycles. The molecule has 0 fully saturated rings. The van der Waals surface area contributed by atoms with Crippen LogP contribution in [0.1, 0.15) is 49.0 Å². The Kier molecular flexibility index (Phi) is 5.69. The third-order valence-electron chi connectivity index (χ3n) is 4.77. The van der Waals surface area contributed by atoms with E-state index < -0.39 is 17.7 Å². The SMILES string of the molecule is [B]C(O)c1c(C)c(Cc2ccc(C(=O)NC)c(F)c2)cc2c1OCCNC2=O. The molecule has 6 nitrogen and oxygen atoms in total. The average molecular weight is 382 g/mol. The van der Waals surface area contributed by atoms with Crippen molar-refractivity contribution in [2.45, 2.75) is 19.3 Å². The number of fused-ring (bicyclic) bond motifs is 1. The van der Waals surface area contributed by atoms with Crippen molar-refractivity contribution in [3.63, 3.8) is 0 Å². The van der Waals surface area contributed by atoms with E-state index in [1.807, 2.05) is 0 Å². The number of hydrogen-bond donors (Lipinski definition) is 3. The van der Waals surface area contributed by atoms with Crippen molar-refractivity contribution in [2.24, 2.45) is 0 Å². The predicted molar refractivity (Wildman–Crippen MR) is 102 cm³/mol. The first-order chi connectivity index (χ1) is 13.3. The van der Waals surface area contributed by atoms with Crippen LogP contribution in [-0.2, 0) is 6.42 Å². The van der Waals surface area contributed by atoms with Gasteiger partial charge in [-0.1, -0.05) is 6.07 Å². The van der Waals surface area contributed by atoms with Gasteiger partial charge in [0.2, 0.25) is 0 Å². The monoisotopic (exact) mass is 382 g/mol. The second kappa shape index (κ2) is 8.02. The van der Waals surface area contributed by atoms with E-state index >= 15 is 0 Å². The zero-order valence-electron chi connectivity index (χ0n) is 15.6. The molecule has 2 aromatic rings. The Hall–Kier alpha value is -2.87. The minimum absolute atomic E-state index is 0.0456. The second-order valence-electron chi connectivity index (χ2n) is 6.57. The van der Waals surface area contributed by atoms with Gasteiger partial charge in [0.15, 0.2) is 0 Å². The molecule has 8 heteroatoms. The van der Waals surface area contributed by atoms with Gasteiger partial charge in [0.1, 0.15) is 26.0 Å². The minimum atomic E-state index is -1.33. The van der Waals surface area contributed by atoms with Crippen molar-refractivity contribution in [1.29, 1.82) is 0 Å². The van der Waals surface area contributed by atoms with Crippen LogP contribution in [0, 0.1) is 12.7 Å². The summed E-state index contributed by atoms with van der Waals surface area (Å²) in [4.78, 5) is 24.0. The lowest BCUT2D eigenvalue weighted by Gasteiger charge is -2.20. The summed E-state index contributed by atoms with van der Waals surface area (Å²) in [5, 5.41) is 15.2. The van der Waals surface area contributed by atoms with Crippen molar-refractivity contribution in [2.75, 3.05) is 20.2 Å². The number of carbonyl (C=O) groups excluding carboxylic acids is 2. The van der Waals surface area contributed by atoms with Crippen molar-refractivity contribution < 1.29 is 23.8 Å². The zero-order valence-corrected chi connectivity index (χ0v) is 15.6. The standard InChI is InChI=1S/C20H20BFN2O4/c1-10-12(7-11-3-4-13(15(22)8-11)19(26)23-2)9-14-17(16(10)18(21)25)28-6-5-24-20(14)27/h3-4,8-9,18,25H,5-7H2,1-2H3,(H,23,26)(H,24,27). The molecule has 1 heterocycles. The first-order valence-electron chi connectivity index (χ1n) is 8.85. The number of aliphatic hydroxyl groups excluding tert-OH is 1. The highest BCUT2D eigenvalue weighted by molar-refractivity contribution is 6.12. The fraction of sp³-hybridized carbons (Fsp3) is 0.300. The van der Waals surface area contributed by atoms with Gasteiger partial charge in [-0.3, -0.25) is 9.59 Å². The van der Waals surface area contributed by atoms with E-state index in [0.717, 1.165) is 0 Å². The van der Waals surface area contributed by atoms with Gasteiger partial charge in [-0.05, 0) is 48.2 Å². The summed E-state index contributed by atoms with van der Waals surface area (Å²) in [6.07, 6.45) is 0.289. The van der Waals surface area contributed by atoms with Crippen LogP contribution >= 0.6 is 0 Å². The summed E-state index contributed by atoms with van der Waals surface area (Å²) < 4.78 is 19.9. The maximum atomic E-state index is 14.3. The summed E-state index contributed by atoms with van der Waals surface area (Å²) >= 11 is 0. The van der Waals surface area contributed by atoms with Gasteiger partial charge in [-0.15, -0.1) is 0 Å². The van der Waals surface area contributed by atoms with Crippen LogP contribution in [0.4, 0.5) is 4.39 Å². The van der Waals surface area contributed by atoms with E-state index in [4.69, 9.17) is 12.6 Å². The molecule has 28 heavy (non-hydrogen) atoms. The Bertz CT molecular complexity index is 946. The molecular formula is C20H20BFN2O4. The van der Waals surface area contributed by atoms with Gasteiger partial charge < -0.3 is 20.5 Å². The third kappa shape index (κ3) is 3.73. The number of rotatable bonds is 4. The Balaban J connectivity index is 2.05. The first kappa shape index (κ1) is 19.9. The van der Waals surface area contributed by atoms with E-state index in [9.17, 15) is 19.1 Å². The van der Waals surface area contributed by atoms with Gasteiger partial charge in [0.05, 0.1) is 17.7 Å². The highest BCUT2D eigenvalue weighted by atomic mass is 19.1. The van der Waals surface area contributed by atoms with Crippen LogP contribution in [0.3, 0.4) is 0 Å². The maximum absolute atomic E-state index is 14.3. The van der Waals surface area contributed by atoms with Gasteiger partial charge in [0.25, 0.3) is 11.8 Å². The summed E-state index contributed by atoms with van der Waals surface area (Å²) in [5.74, 6) is -1.19. The molecule has 0 bridgehead atoms. The molecule has 2 radical (unpaired) electrons. The Morgan fingerprint density at radius 3 is 2.82 bits per heavy atom. The Labute approximate surface area is 163 Å². The minimum Gasteiger partial charge on any atom is -0.491 e. The fourth-order valence-corrected chi connectivity index (χ4v) is 3.32. The average Bonchev–Trinajstić information content (AvgIpc) is 2.83. The largest absolute Gasteiger partial charge is 0.491 e. The van der Waals surface area contributed by atoms with Crippen molar-refractivity contribution in [3.8, 4) is 5.75 Å². The van der Waals surface area contributed by atoms with Crippen LogP contribution in [0.15, 0.2) is 24.3 Å². The van der Waals surface area contributed by atoms with Crippen molar-refractivity contribution in [1.82, 2.24) is 10.6 Å². The molecule has 0 saturated heterocycles. The molecule has 2 aromatic carbocycles. The van der Waals surface area contributed by atoms with E-state index in [1.165, 1.54) is 19.2 Å². The molecule has 1 aliphatic rings. The molecule has 1 aliphatic heterocycles. The third-order valence-corrected chi connectivity index (χ3v) is 4.77. The highest BCUT2D eigenvalue weighted by Gasteiger charge is 2.25. The summed E-state index contributed by atoms with van der Waals surface area (Å²) in [7, 11) is 7.16. The van der Waals surface area contributed by atoms with Crippen LogP contribution in [-0.4, -0.2) is 45.0 Å². The summed E-state index contributed by atoms with van der Waals surface area (Å²) in [6.45, 7) is 2.38. The van der Waals surface area contributed by atoms with Gasteiger partial charge in [0, 0.05) is 18.6 Å². The number of ether oxygens (including phenoxy) is 1. The molecule has 2 amide bonds. The van der Waals surface area contributed by atoms with Crippen LogP contribution in [0.25, 0.3) is 0 Å². The number of benzene rings is 2. The van der Waals surface area contributed by atoms with Gasteiger partial charge in [-0.2, -0.15) is 0 Å². The lowest BCUT2D eigenvalue weighted by molar-refractivity contribution is 0.0949. The van der Waals surface area contributed by atoms with Crippen molar-refractivity contribution >= 4 is 19.7 Å². The molecule has 144 valence electrons. The lowest BCUT2D eigenvalue weighted by Crippen LogP contribution is -2.24. The number of amides is 2. The normalized spacial score (nSPS) is 14.4. The zero-order chi connectivity index (χ0) is 20.4. The van der Waals surface area contributed by atoms with E-state index in [-0.39, 0.29) is 35.8 Å². The molecular weight excluding hydrogens is 362 g/mol. The number of aliphatic hydroxyl groups is 1. The van der Waals surface area contributed by atoms with E-state index in [0.29, 0.717) is 28.8 Å². The molecule has 1 atom stereocenters. The number of nitrogens with one attached hydrogen (secondary N) is 2. The van der Waals surface area contributed by atoms with Crippen LogP contribution in [0.5, 0.6) is 5.75 Å². The lowest BCUT2D eigenvalue weighted by atomic mass is 9.83. The predicted octanol–water partition coefficient (Wildman–Crippen LogP) is 1.37. The number of halogens is 1. The van der Waals surface area contributed by atoms with Crippen LogP contribution < -0.4 is 15.4 Å². The molecule has 1 unspecified atom stereocenters. The Morgan fingerprint density at radius 2 is 2.18 bits per heavy atom. The molecule has 0 aromatic heterocycles. The quantitative estimate of drug-likeness (QED) is 0.697. The Morgan fingerprint density at radius 1 is 1.43 bits per heavy atom. The fourth-order valence-electron chi connectivity index (χ4n) is 3.32.